The van der Waals surface area contributed by atoms with Crippen molar-refractivity contribution >= 4 is 35.0 Å². The molecule has 0 aromatic heterocycles. The van der Waals surface area contributed by atoms with Gasteiger partial charge < -0.3 is 10.2 Å². The second kappa shape index (κ2) is 7.99. The van der Waals surface area contributed by atoms with Gasteiger partial charge in [-0.25, -0.2) is 0 Å². The minimum atomic E-state index is -0.0576. The van der Waals surface area contributed by atoms with Crippen LogP contribution in [-0.4, -0.2) is 54.8 Å². The van der Waals surface area contributed by atoms with Crippen molar-refractivity contribution in [2.45, 2.75) is 25.4 Å². The molecule has 1 aliphatic carbocycles. The van der Waals surface area contributed by atoms with E-state index < -0.39 is 0 Å². The molecule has 0 heterocycles. The molecule has 0 bridgehead atoms. The number of benzene rings is 1. The molecule has 2 amide bonds. The molecule has 1 N–H and O–H groups in total. The summed E-state index contributed by atoms with van der Waals surface area (Å²) in [6, 6.07) is 5.64. The van der Waals surface area contributed by atoms with Gasteiger partial charge in [0, 0.05) is 19.6 Å². The van der Waals surface area contributed by atoms with Gasteiger partial charge in [-0.1, -0.05) is 29.3 Å². The Morgan fingerprint density at radius 1 is 1.17 bits per heavy atom. The molecule has 1 aromatic rings. The van der Waals surface area contributed by atoms with E-state index in [4.69, 9.17) is 23.2 Å². The summed E-state index contributed by atoms with van der Waals surface area (Å²) in [6.45, 7) is 0.858. The van der Waals surface area contributed by atoms with E-state index in [-0.39, 0.29) is 24.9 Å². The first kappa shape index (κ1) is 18.0. The summed E-state index contributed by atoms with van der Waals surface area (Å²) in [5.41, 5.74) is 0.907. The maximum absolute atomic E-state index is 12.2. The quantitative estimate of drug-likeness (QED) is 0.813. The van der Waals surface area contributed by atoms with Crippen molar-refractivity contribution < 1.29 is 9.59 Å². The SMILES string of the molecule is CN(CC(=O)NC1CC1)CC(=O)N(C)Cc1ccc(Cl)c(Cl)c1. The molecule has 1 saturated carbocycles. The number of likely N-dealkylation sites (N-methyl/N-ethyl adjacent to an activating group) is 2. The Kier molecular flexibility index (Phi) is 6.27. The summed E-state index contributed by atoms with van der Waals surface area (Å²) < 4.78 is 0. The molecule has 1 fully saturated rings. The Balaban J connectivity index is 1.78. The lowest BCUT2D eigenvalue weighted by molar-refractivity contribution is -0.132. The fraction of sp³-hybridized carbons (Fsp3) is 0.500. The number of carbonyl (C=O) groups excluding carboxylic acids is 2. The number of hydrogen-bond donors (Lipinski definition) is 1. The minimum Gasteiger partial charge on any atom is -0.352 e. The summed E-state index contributed by atoms with van der Waals surface area (Å²) in [5, 5.41) is 3.87. The first-order chi connectivity index (χ1) is 10.8. The van der Waals surface area contributed by atoms with Crippen molar-refractivity contribution in [3.63, 3.8) is 0 Å². The van der Waals surface area contributed by atoms with Crippen molar-refractivity contribution in [3.8, 4) is 0 Å². The van der Waals surface area contributed by atoms with E-state index in [2.05, 4.69) is 5.32 Å². The van der Waals surface area contributed by atoms with Crippen LogP contribution in [0.1, 0.15) is 18.4 Å². The summed E-state index contributed by atoms with van der Waals surface area (Å²) in [7, 11) is 3.49. The van der Waals surface area contributed by atoms with Gasteiger partial charge in [-0.05, 0) is 37.6 Å². The molecule has 0 saturated heterocycles. The first-order valence-electron chi connectivity index (χ1n) is 7.51. The lowest BCUT2D eigenvalue weighted by atomic mass is 10.2. The van der Waals surface area contributed by atoms with Crippen LogP contribution in [-0.2, 0) is 16.1 Å². The summed E-state index contributed by atoms with van der Waals surface area (Å²) in [5.74, 6) is -0.0901. The molecular formula is C16H21Cl2N3O2. The molecule has 126 valence electrons. The molecule has 0 atom stereocenters. The molecule has 1 aliphatic rings. The smallest absolute Gasteiger partial charge is 0.236 e. The van der Waals surface area contributed by atoms with Crippen molar-refractivity contribution in [1.82, 2.24) is 15.1 Å². The van der Waals surface area contributed by atoms with Crippen LogP contribution in [0.2, 0.25) is 10.0 Å². The fourth-order valence-electron chi connectivity index (χ4n) is 2.15. The standard InChI is InChI=1S/C16H21Cl2N3O2/c1-20(9-15(22)19-12-4-5-12)10-16(23)21(2)8-11-3-6-13(17)14(18)7-11/h3,6-7,12H,4-5,8-10H2,1-2H3,(H,19,22). The topological polar surface area (TPSA) is 52.7 Å². The van der Waals surface area contributed by atoms with Crippen LogP contribution in [0.5, 0.6) is 0 Å². The van der Waals surface area contributed by atoms with Crippen LogP contribution in [0.25, 0.3) is 0 Å². The van der Waals surface area contributed by atoms with Gasteiger partial charge in [0.1, 0.15) is 0 Å². The Hall–Kier alpha value is -1.30. The number of hydrogen-bond acceptors (Lipinski definition) is 3. The molecule has 2 rings (SSSR count). The average molecular weight is 358 g/mol. The normalized spacial score (nSPS) is 14.0. The highest BCUT2D eigenvalue weighted by atomic mass is 35.5. The average Bonchev–Trinajstić information content (AvgIpc) is 3.26. The lowest BCUT2D eigenvalue weighted by Crippen LogP contribution is -2.41. The molecule has 7 heteroatoms. The van der Waals surface area contributed by atoms with E-state index >= 15 is 0 Å². The fourth-order valence-corrected chi connectivity index (χ4v) is 2.47. The molecule has 1 aromatic carbocycles. The molecular weight excluding hydrogens is 337 g/mol. The van der Waals surface area contributed by atoms with Gasteiger partial charge in [0.15, 0.2) is 0 Å². The summed E-state index contributed by atoms with van der Waals surface area (Å²) >= 11 is 11.9. The second-order valence-corrected chi connectivity index (χ2v) is 6.83. The van der Waals surface area contributed by atoms with E-state index in [1.807, 2.05) is 6.07 Å². The van der Waals surface area contributed by atoms with Crippen molar-refractivity contribution in [2.75, 3.05) is 27.2 Å². The highest BCUT2D eigenvalue weighted by molar-refractivity contribution is 6.42. The number of halogens is 2. The number of carbonyl (C=O) groups is 2. The lowest BCUT2D eigenvalue weighted by Gasteiger charge is -2.22. The van der Waals surface area contributed by atoms with Crippen molar-refractivity contribution in [3.05, 3.63) is 33.8 Å². The zero-order valence-electron chi connectivity index (χ0n) is 13.3. The highest BCUT2D eigenvalue weighted by Crippen LogP contribution is 2.23. The summed E-state index contributed by atoms with van der Waals surface area (Å²) in [6.07, 6.45) is 2.11. The maximum atomic E-state index is 12.2. The Morgan fingerprint density at radius 3 is 2.48 bits per heavy atom. The maximum Gasteiger partial charge on any atom is 0.236 e. The van der Waals surface area contributed by atoms with Gasteiger partial charge in [0.05, 0.1) is 23.1 Å². The molecule has 0 radical (unpaired) electrons. The molecule has 5 nitrogen and oxygen atoms in total. The van der Waals surface area contributed by atoms with Crippen LogP contribution in [0, 0.1) is 0 Å². The minimum absolute atomic E-state index is 0.0325. The van der Waals surface area contributed by atoms with Crippen LogP contribution < -0.4 is 5.32 Å². The predicted octanol–water partition coefficient (Wildman–Crippen LogP) is 2.16. The number of nitrogens with zero attached hydrogens (tertiary/aromatic N) is 2. The third-order valence-corrected chi connectivity index (χ3v) is 4.33. The van der Waals surface area contributed by atoms with E-state index in [1.54, 1.807) is 36.0 Å². The van der Waals surface area contributed by atoms with Gasteiger partial charge in [-0.15, -0.1) is 0 Å². The van der Waals surface area contributed by atoms with Gasteiger partial charge in [0.25, 0.3) is 0 Å². The van der Waals surface area contributed by atoms with Crippen LogP contribution in [0.3, 0.4) is 0 Å². The van der Waals surface area contributed by atoms with E-state index in [1.165, 1.54) is 0 Å². The van der Waals surface area contributed by atoms with Gasteiger partial charge in [-0.3, -0.25) is 14.5 Å². The Labute approximate surface area is 146 Å². The summed E-state index contributed by atoms with van der Waals surface area (Å²) in [4.78, 5) is 27.2. The van der Waals surface area contributed by atoms with E-state index in [0.717, 1.165) is 18.4 Å². The van der Waals surface area contributed by atoms with Gasteiger partial charge >= 0.3 is 0 Å². The highest BCUT2D eigenvalue weighted by Gasteiger charge is 2.24. The first-order valence-corrected chi connectivity index (χ1v) is 8.26. The van der Waals surface area contributed by atoms with Gasteiger partial charge in [-0.2, -0.15) is 0 Å². The Bertz CT molecular complexity index is 591. The molecule has 0 aliphatic heterocycles. The number of rotatable bonds is 7. The molecule has 0 unspecified atom stereocenters. The van der Waals surface area contributed by atoms with Crippen LogP contribution in [0.15, 0.2) is 18.2 Å². The largest absolute Gasteiger partial charge is 0.352 e. The van der Waals surface area contributed by atoms with Crippen molar-refractivity contribution in [2.24, 2.45) is 0 Å². The number of amides is 2. The van der Waals surface area contributed by atoms with Crippen LogP contribution in [0.4, 0.5) is 0 Å². The third-order valence-electron chi connectivity index (χ3n) is 3.59. The zero-order valence-corrected chi connectivity index (χ0v) is 14.8. The molecule has 0 spiro atoms. The van der Waals surface area contributed by atoms with Crippen molar-refractivity contribution in [1.29, 1.82) is 0 Å². The number of nitrogens with one attached hydrogen (secondary N) is 1. The van der Waals surface area contributed by atoms with Gasteiger partial charge in [0.2, 0.25) is 11.8 Å². The zero-order chi connectivity index (χ0) is 17.0. The van der Waals surface area contributed by atoms with E-state index in [9.17, 15) is 9.59 Å². The predicted molar refractivity (Wildman–Crippen MR) is 91.6 cm³/mol. The molecule has 23 heavy (non-hydrogen) atoms. The monoisotopic (exact) mass is 357 g/mol. The van der Waals surface area contributed by atoms with Crippen LogP contribution >= 0.6 is 23.2 Å². The third kappa shape index (κ3) is 6.01. The van der Waals surface area contributed by atoms with E-state index in [0.29, 0.717) is 22.6 Å². The Morgan fingerprint density at radius 2 is 1.87 bits per heavy atom. The second-order valence-electron chi connectivity index (χ2n) is 6.01.